The Labute approximate surface area is 87.9 Å². The van der Waals surface area contributed by atoms with E-state index in [1.165, 1.54) is 6.07 Å². The highest BCUT2D eigenvalue weighted by Crippen LogP contribution is 2.26. The summed E-state index contributed by atoms with van der Waals surface area (Å²) in [5.41, 5.74) is 0.202. The highest BCUT2D eigenvalue weighted by Gasteiger charge is 2.20. The van der Waals surface area contributed by atoms with Crippen LogP contribution in [0.2, 0.25) is 0 Å². The molecule has 1 N–H and O–H groups in total. The van der Waals surface area contributed by atoms with Gasteiger partial charge < -0.3 is 0 Å². The third-order valence-corrected chi connectivity index (χ3v) is 2.08. The Hall–Kier alpha value is -1.85. The monoisotopic (exact) mass is 230 g/mol. The van der Waals surface area contributed by atoms with Crippen molar-refractivity contribution >= 4 is 0 Å². The maximum absolute atomic E-state index is 13.3. The summed E-state index contributed by atoms with van der Waals surface area (Å²) in [7, 11) is 0. The molecule has 0 spiro atoms. The van der Waals surface area contributed by atoms with Crippen molar-refractivity contribution in [3.05, 3.63) is 41.1 Å². The second kappa shape index (κ2) is 3.62. The van der Waals surface area contributed by atoms with Crippen molar-refractivity contribution in [2.24, 2.45) is 0 Å². The van der Waals surface area contributed by atoms with Gasteiger partial charge in [0, 0.05) is 11.3 Å². The molecule has 1 aromatic carbocycles. The number of rotatable bonds is 1. The van der Waals surface area contributed by atoms with E-state index >= 15 is 0 Å². The van der Waals surface area contributed by atoms with E-state index in [4.69, 9.17) is 0 Å². The van der Waals surface area contributed by atoms with Gasteiger partial charge in [0.1, 0.15) is 0 Å². The minimum Gasteiger partial charge on any atom is -0.282 e. The van der Waals surface area contributed by atoms with Crippen LogP contribution in [0.3, 0.4) is 0 Å². The number of nitrogens with zero attached hydrogens (tertiary/aromatic N) is 1. The molecule has 16 heavy (non-hydrogen) atoms. The lowest BCUT2D eigenvalue weighted by atomic mass is 10.1. The molecule has 0 bridgehead atoms. The normalized spacial score (nSPS) is 10.8. The minimum atomic E-state index is -1.84. The van der Waals surface area contributed by atoms with E-state index in [1.807, 2.05) is 0 Å². The first kappa shape index (κ1) is 10.7. The number of nitrogens with one attached hydrogen (secondary N) is 1. The zero-order valence-corrected chi connectivity index (χ0v) is 8.11. The summed E-state index contributed by atoms with van der Waals surface area (Å²) in [5, 5.41) is 6.13. The highest BCUT2D eigenvalue weighted by molar-refractivity contribution is 5.60. The number of H-pyrrole nitrogens is 1. The van der Waals surface area contributed by atoms with Crippen molar-refractivity contribution in [1.82, 2.24) is 10.2 Å². The maximum atomic E-state index is 13.3. The van der Waals surface area contributed by atoms with Crippen LogP contribution in [0, 0.1) is 30.2 Å². The van der Waals surface area contributed by atoms with Gasteiger partial charge >= 0.3 is 0 Å². The van der Waals surface area contributed by atoms with Crippen molar-refractivity contribution in [2.45, 2.75) is 6.92 Å². The number of aromatic amines is 1. The van der Waals surface area contributed by atoms with Crippen LogP contribution in [0.5, 0.6) is 0 Å². The van der Waals surface area contributed by atoms with Crippen molar-refractivity contribution in [1.29, 1.82) is 0 Å². The molecule has 0 atom stereocenters. The molecule has 0 aliphatic heterocycles. The molecule has 0 amide bonds. The summed E-state index contributed by atoms with van der Waals surface area (Å²) in [5.74, 6) is -6.57. The van der Waals surface area contributed by atoms with Crippen LogP contribution in [0.15, 0.2) is 12.1 Å². The molecular weight excluding hydrogens is 224 g/mol. The molecule has 2 nitrogen and oxygen atoms in total. The number of aromatic nitrogens is 2. The predicted molar refractivity (Wildman–Crippen MR) is 48.6 cm³/mol. The van der Waals surface area contributed by atoms with Crippen LogP contribution in [0.1, 0.15) is 5.69 Å². The minimum absolute atomic E-state index is 0.0211. The van der Waals surface area contributed by atoms with E-state index < -0.39 is 28.8 Å². The van der Waals surface area contributed by atoms with Crippen LogP contribution in [0.25, 0.3) is 11.3 Å². The molecule has 6 heteroatoms. The number of benzene rings is 1. The summed E-state index contributed by atoms with van der Waals surface area (Å²) in [6.07, 6.45) is 0. The number of hydrogen-bond donors (Lipinski definition) is 1. The average Bonchev–Trinajstić information content (AvgIpc) is 2.67. The Balaban J connectivity index is 2.66. The zero-order chi connectivity index (χ0) is 11.9. The molecule has 0 saturated carbocycles. The fraction of sp³-hybridized carbons (Fsp3) is 0.100. The van der Waals surface area contributed by atoms with E-state index in [2.05, 4.69) is 10.2 Å². The smallest absolute Gasteiger partial charge is 0.198 e. The second-order valence-corrected chi connectivity index (χ2v) is 3.28. The van der Waals surface area contributed by atoms with Crippen molar-refractivity contribution in [3.8, 4) is 11.3 Å². The van der Waals surface area contributed by atoms with E-state index in [9.17, 15) is 17.6 Å². The van der Waals surface area contributed by atoms with Gasteiger partial charge in [0.05, 0.1) is 5.69 Å². The molecule has 0 unspecified atom stereocenters. The number of halogens is 4. The molecule has 2 rings (SSSR count). The van der Waals surface area contributed by atoms with Gasteiger partial charge in [-0.15, -0.1) is 0 Å². The molecule has 0 fully saturated rings. The molecule has 84 valence electrons. The van der Waals surface area contributed by atoms with Crippen molar-refractivity contribution in [3.63, 3.8) is 0 Å². The SMILES string of the molecule is Cc1cc(-c2cc(F)c(F)c(F)c2F)n[nH]1. The zero-order valence-electron chi connectivity index (χ0n) is 8.11. The largest absolute Gasteiger partial charge is 0.282 e. The van der Waals surface area contributed by atoms with E-state index in [0.717, 1.165) is 0 Å². The standard InChI is InChI=1S/C10H6F4N2/c1-4-2-7(16-15-4)5-3-6(11)9(13)10(14)8(5)12/h2-3H,1H3,(H,15,16). The van der Waals surface area contributed by atoms with Gasteiger partial charge in [-0.3, -0.25) is 5.10 Å². The first-order chi connectivity index (χ1) is 7.50. The molecule has 0 aliphatic rings. The first-order valence-corrected chi connectivity index (χ1v) is 4.36. The average molecular weight is 230 g/mol. The van der Waals surface area contributed by atoms with Gasteiger partial charge in [0.2, 0.25) is 0 Å². The molecular formula is C10H6F4N2. The summed E-state index contributed by atoms with van der Waals surface area (Å²) < 4.78 is 51.8. The number of aryl methyl sites for hydroxylation is 1. The third-order valence-electron chi connectivity index (χ3n) is 2.08. The Kier molecular flexibility index (Phi) is 2.41. The van der Waals surface area contributed by atoms with Crippen LogP contribution >= 0.6 is 0 Å². The Morgan fingerprint density at radius 1 is 1.00 bits per heavy atom. The van der Waals surface area contributed by atoms with Gasteiger partial charge in [-0.1, -0.05) is 0 Å². The van der Waals surface area contributed by atoms with Crippen LogP contribution in [0.4, 0.5) is 17.6 Å². The molecule has 1 heterocycles. The summed E-state index contributed by atoms with van der Waals surface area (Å²) >= 11 is 0. The molecule has 0 saturated heterocycles. The Morgan fingerprint density at radius 2 is 1.69 bits per heavy atom. The highest BCUT2D eigenvalue weighted by atomic mass is 19.2. The fourth-order valence-electron chi connectivity index (χ4n) is 1.32. The van der Waals surface area contributed by atoms with E-state index in [1.54, 1.807) is 6.92 Å². The molecule has 0 radical (unpaired) electrons. The van der Waals surface area contributed by atoms with Crippen molar-refractivity contribution in [2.75, 3.05) is 0 Å². The summed E-state index contributed by atoms with van der Waals surface area (Å²) in [6, 6.07) is 1.97. The van der Waals surface area contributed by atoms with Crippen LogP contribution < -0.4 is 0 Å². The molecule has 1 aromatic heterocycles. The van der Waals surface area contributed by atoms with Gasteiger partial charge in [-0.25, -0.2) is 17.6 Å². The van der Waals surface area contributed by atoms with Crippen LogP contribution in [-0.4, -0.2) is 10.2 Å². The molecule has 2 aromatic rings. The third kappa shape index (κ3) is 1.56. The van der Waals surface area contributed by atoms with Crippen molar-refractivity contribution < 1.29 is 17.6 Å². The molecule has 0 aliphatic carbocycles. The second-order valence-electron chi connectivity index (χ2n) is 3.28. The van der Waals surface area contributed by atoms with Gasteiger partial charge in [0.15, 0.2) is 23.3 Å². The van der Waals surface area contributed by atoms with E-state index in [-0.39, 0.29) is 5.69 Å². The lowest BCUT2D eigenvalue weighted by molar-refractivity contribution is 0.410. The Morgan fingerprint density at radius 3 is 2.25 bits per heavy atom. The van der Waals surface area contributed by atoms with Crippen LogP contribution in [-0.2, 0) is 0 Å². The van der Waals surface area contributed by atoms with Gasteiger partial charge in [-0.05, 0) is 19.1 Å². The summed E-state index contributed by atoms with van der Waals surface area (Å²) in [6.45, 7) is 1.64. The van der Waals surface area contributed by atoms with Gasteiger partial charge in [-0.2, -0.15) is 5.10 Å². The van der Waals surface area contributed by atoms with Gasteiger partial charge in [0.25, 0.3) is 0 Å². The predicted octanol–water partition coefficient (Wildman–Crippen LogP) is 2.94. The Bertz CT molecular complexity index is 548. The van der Waals surface area contributed by atoms with E-state index in [0.29, 0.717) is 11.8 Å². The topological polar surface area (TPSA) is 28.7 Å². The number of hydrogen-bond acceptors (Lipinski definition) is 1. The fourth-order valence-corrected chi connectivity index (χ4v) is 1.32. The quantitative estimate of drug-likeness (QED) is 0.455. The lowest BCUT2D eigenvalue weighted by Gasteiger charge is -2.02. The lowest BCUT2D eigenvalue weighted by Crippen LogP contribution is -1.98. The first-order valence-electron chi connectivity index (χ1n) is 4.36. The maximum Gasteiger partial charge on any atom is 0.198 e. The summed E-state index contributed by atoms with van der Waals surface area (Å²) in [4.78, 5) is 0.